The van der Waals surface area contributed by atoms with Gasteiger partial charge in [0.25, 0.3) is 0 Å². The van der Waals surface area contributed by atoms with Gasteiger partial charge in [-0.25, -0.2) is 5.01 Å². The van der Waals surface area contributed by atoms with Gasteiger partial charge in [-0.05, 0) is 25.0 Å². The third kappa shape index (κ3) is 2.42. The summed E-state index contributed by atoms with van der Waals surface area (Å²) in [6.07, 6.45) is 2.51. The van der Waals surface area contributed by atoms with E-state index in [-0.39, 0.29) is 0 Å². The van der Waals surface area contributed by atoms with Crippen molar-refractivity contribution in [2.24, 2.45) is 0 Å². The van der Waals surface area contributed by atoms with Crippen LogP contribution in [0.2, 0.25) is 0 Å². The van der Waals surface area contributed by atoms with Gasteiger partial charge in [-0.3, -0.25) is 0 Å². The summed E-state index contributed by atoms with van der Waals surface area (Å²) in [7, 11) is 0. The maximum Gasteiger partial charge on any atom is 0.0525 e. The highest BCUT2D eigenvalue weighted by atomic mass is 19.2. The molecule has 4 heteroatoms. The first-order valence-electron chi connectivity index (χ1n) is 6.34. The smallest absolute Gasteiger partial charge is 0.0525 e. The number of nitrogens with zero attached hydrogens (tertiary/aromatic N) is 3. The summed E-state index contributed by atoms with van der Waals surface area (Å²) in [5, 5.41) is 5.57. The van der Waals surface area contributed by atoms with E-state index >= 15 is 0 Å². The van der Waals surface area contributed by atoms with Crippen LogP contribution in [0.15, 0.2) is 30.3 Å². The van der Waals surface area contributed by atoms with Crippen LogP contribution in [0.3, 0.4) is 0 Å². The number of hydrogen-bond donors (Lipinski definition) is 0. The molecule has 1 aliphatic carbocycles. The van der Waals surface area contributed by atoms with Gasteiger partial charge in [0.05, 0.1) is 5.69 Å². The number of benzene rings is 1. The van der Waals surface area contributed by atoms with Crippen LogP contribution in [0.1, 0.15) is 12.8 Å². The molecular weight excluding hydrogens is 217 g/mol. The van der Waals surface area contributed by atoms with Gasteiger partial charge in [-0.1, -0.05) is 18.2 Å². The summed E-state index contributed by atoms with van der Waals surface area (Å²) < 4.78 is 13.0. The van der Waals surface area contributed by atoms with Crippen LogP contribution in [0, 0.1) is 0 Å². The van der Waals surface area contributed by atoms with E-state index in [9.17, 15) is 4.48 Å². The van der Waals surface area contributed by atoms with Gasteiger partial charge in [0.15, 0.2) is 0 Å². The molecule has 1 saturated carbocycles. The van der Waals surface area contributed by atoms with Crippen LogP contribution in [-0.4, -0.2) is 42.4 Å². The molecule has 17 heavy (non-hydrogen) atoms. The number of piperazine rings is 1. The van der Waals surface area contributed by atoms with Crippen LogP contribution >= 0.6 is 0 Å². The van der Waals surface area contributed by atoms with E-state index in [2.05, 4.69) is 34.3 Å². The van der Waals surface area contributed by atoms with E-state index in [0.717, 1.165) is 18.2 Å². The van der Waals surface area contributed by atoms with Crippen molar-refractivity contribution < 1.29 is 4.48 Å². The van der Waals surface area contributed by atoms with Gasteiger partial charge in [-0.15, -0.1) is 9.60 Å². The number of halogens is 1. The highest BCUT2D eigenvalue weighted by molar-refractivity contribution is 5.47. The van der Waals surface area contributed by atoms with Gasteiger partial charge in [0.1, 0.15) is 0 Å². The number of anilines is 1. The molecule has 92 valence electrons. The molecule has 3 rings (SSSR count). The average molecular weight is 235 g/mol. The monoisotopic (exact) mass is 235 g/mol. The molecule has 1 saturated heterocycles. The van der Waals surface area contributed by atoms with Crippen LogP contribution in [0.4, 0.5) is 10.2 Å². The summed E-state index contributed by atoms with van der Waals surface area (Å²) in [6.45, 7) is 2.58. The van der Waals surface area contributed by atoms with Crippen LogP contribution in [0.25, 0.3) is 0 Å². The van der Waals surface area contributed by atoms with E-state index in [1.807, 2.05) is 6.07 Å². The first kappa shape index (κ1) is 11.0. The molecule has 0 bridgehead atoms. The maximum atomic E-state index is 13.0. The van der Waals surface area contributed by atoms with Crippen LogP contribution < -0.4 is 5.01 Å². The van der Waals surface area contributed by atoms with E-state index in [1.54, 1.807) is 0 Å². The van der Waals surface area contributed by atoms with E-state index < -0.39 is 0 Å². The largest absolute Gasteiger partial charge is 0.303 e. The fourth-order valence-electron chi connectivity index (χ4n) is 2.39. The normalized spacial score (nSPS) is 22.6. The van der Waals surface area contributed by atoms with E-state index in [1.165, 1.54) is 18.5 Å². The Kier molecular flexibility index (Phi) is 2.99. The predicted molar refractivity (Wildman–Crippen MR) is 66.2 cm³/mol. The van der Waals surface area contributed by atoms with Crippen molar-refractivity contribution in [1.29, 1.82) is 0 Å². The topological polar surface area (TPSA) is 9.72 Å². The molecule has 0 N–H and O–H groups in total. The zero-order valence-electron chi connectivity index (χ0n) is 9.93. The van der Waals surface area contributed by atoms with E-state index in [0.29, 0.717) is 19.1 Å². The van der Waals surface area contributed by atoms with Gasteiger partial charge >= 0.3 is 0 Å². The molecule has 1 aromatic rings. The van der Waals surface area contributed by atoms with Crippen molar-refractivity contribution >= 4 is 5.69 Å². The Morgan fingerprint density at radius 3 is 2.24 bits per heavy atom. The zero-order chi connectivity index (χ0) is 11.7. The Labute approximate surface area is 101 Å². The summed E-state index contributed by atoms with van der Waals surface area (Å²) in [4.78, 5) is 0. The molecular formula is C13H18FN3. The quantitative estimate of drug-likeness (QED) is 0.743. The fraction of sp³-hybridized carbons (Fsp3) is 0.538. The molecule has 1 aliphatic heterocycles. The first-order valence-corrected chi connectivity index (χ1v) is 6.34. The second kappa shape index (κ2) is 4.63. The Morgan fingerprint density at radius 2 is 1.65 bits per heavy atom. The third-order valence-electron chi connectivity index (χ3n) is 3.42. The van der Waals surface area contributed by atoms with Crippen LogP contribution in [-0.2, 0) is 0 Å². The van der Waals surface area contributed by atoms with Gasteiger partial charge in [0.2, 0.25) is 0 Å². The molecule has 0 aromatic heterocycles. The second-order valence-corrected chi connectivity index (χ2v) is 4.77. The molecule has 0 unspecified atom stereocenters. The SMILES string of the molecule is FN1CCN(N(c2ccccc2)C2CC2)CC1. The lowest BCUT2D eigenvalue weighted by atomic mass is 10.3. The Morgan fingerprint density at radius 1 is 1.00 bits per heavy atom. The molecule has 2 aliphatic rings. The summed E-state index contributed by atoms with van der Waals surface area (Å²) in [5.41, 5.74) is 1.24. The van der Waals surface area contributed by atoms with Crippen molar-refractivity contribution in [3.63, 3.8) is 0 Å². The lowest BCUT2D eigenvalue weighted by Crippen LogP contribution is -2.53. The first-order chi connectivity index (χ1) is 8.34. The van der Waals surface area contributed by atoms with Crippen molar-refractivity contribution in [3.05, 3.63) is 30.3 Å². The number of hydrazine groups is 1. The van der Waals surface area contributed by atoms with Crippen molar-refractivity contribution in [3.8, 4) is 0 Å². The minimum atomic E-state index is 0.510. The minimum Gasteiger partial charge on any atom is -0.303 e. The molecule has 0 spiro atoms. The van der Waals surface area contributed by atoms with Crippen molar-refractivity contribution in [1.82, 2.24) is 10.1 Å². The van der Waals surface area contributed by atoms with Crippen LogP contribution in [0.5, 0.6) is 0 Å². The molecule has 0 atom stereocenters. The van der Waals surface area contributed by atoms with Gasteiger partial charge in [0, 0.05) is 32.2 Å². The second-order valence-electron chi connectivity index (χ2n) is 4.77. The molecule has 0 radical (unpaired) electrons. The van der Waals surface area contributed by atoms with Crippen molar-refractivity contribution in [2.75, 3.05) is 31.2 Å². The lowest BCUT2D eigenvalue weighted by Gasteiger charge is -2.40. The highest BCUT2D eigenvalue weighted by Crippen LogP contribution is 2.33. The van der Waals surface area contributed by atoms with Crippen molar-refractivity contribution in [2.45, 2.75) is 18.9 Å². The highest BCUT2D eigenvalue weighted by Gasteiger charge is 2.34. The Hall–Kier alpha value is -1.13. The Bertz CT molecular complexity index is 358. The molecule has 1 aromatic carbocycles. The third-order valence-corrected chi connectivity index (χ3v) is 3.42. The summed E-state index contributed by atoms with van der Waals surface area (Å²) >= 11 is 0. The number of rotatable bonds is 3. The summed E-state index contributed by atoms with van der Waals surface area (Å²) in [6, 6.07) is 11.1. The molecule has 3 nitrogen and oxygen atoms in total. The fourth-order valence-corrected chi connectivity index (χ4v) is 2.39. The summed E-state index contributed by atoms with van der Waals surface area (Å²) in [5.74, 6) is 0. The Balaban J connectivity index is 1.76. The van der Waals surface area contributed by atoms with Gasteiger partial charge in [-0.2, -0.15) is 0 Å². The standard InChI is InChI=1S/C13H18FN3/c14-15-8-10-16(11-9-15)17(13-6-7-13)12-4-2-1-3-5-12/h1-5,13H,6-11H2. The minimum absolute atomic E-state index is 0.510. The number of hydrogen-bond acceptors (Lipinski definition) is 3. The zero-order valence-corrected chi connectivity index (χ0v) is 9.93. The molecule has 2 fully saturated rings. The molecule has 1 heterocycles. The predicted octanol–water partition coefficient (Wildman–Crippen LogP) is 2.07. The lowest BCUT2D eigenvalue weighted by molar-refractivity contribution is -0.0250. The molecule has 0 amide bonds. The maximum absolute atomic E-state index is 13.0. The number of para-hydroxylation sites is 1. The van der Waals surface area contributed by atoms with Gasteiger partial charge < -0.3 is 5.01 Å². The van der Waals surface area contributed by atoms with E-state index in [4.69, 9.17) is 0 Å². The average Bonchev–Trinajstić information content (AvgIpc) is 3.18.